The summed E-state index contributed by atoms with van der Waals surface area (Å²) in [5, 5.41) is 0.970. The van der Waals surface area contributed by atoms with Gasteiger partial charge in [0.2, 0.25) is 0 Å². The lowest BCUT2D eigenvalue weighted by Gasteiger charge is -2.47. The van der Waals surface area contributed by atoms with Crippen molar-refractivity contribution in [2.24, 2.45) is 5.73 Å². The SMILES string of the molecule is Cc1c(C(N)=O)c2ccccc2n1C1CC2COCC(C1)N2C. The average molecular weight is 313 g/mol. The van der Waals surface area contributed by atoms with Crippen molar-refractivity contribution in [3.05, 3.63) is 35.5 Å². The molecule has 5 heteroatoms. The van der Waals surface area contributed by atoms with Gasteiger partial charge in [0.1, 0.15) is 0 Å². The number of amides is 1. The van der Waals surface area contributed by atoms with E-state index in [1.54, 1.807) is 0 Å². The Bertz CT molecular complexity index is 753. The molecule has 1 amide bonds. The van der Waals surface area contributed by atoms with Gasteiger partial charge in [0, 0.05) is 34.7 Å². The number of nitrogens with zero attached hydrogens (tertiary/aromatic N) is 2. The molecule has 2 aliphatic heterocycles. The van der Waals surface area contributed by atoms with Gasteiger partial charge in [0.05, 0.1) is 18.8 Å². The first-order valence-electron chi connectivity index (χ1n) is 8.27. The second kappa shape index (κ2) is 5.35. The molecule has 1 aromatic heterocycles. The minimum absolute atomic E-state index is 0.339. The highest BCUT2D eigenvalue weighted by Gasteiger charge is 2.38. The van der Waals surface area contributed by atoms with Crippen molar-refractivity contribution in [1.29, 1.82) is 0 Å². The highest BCUT2D eigenvalue weighted by atomic mass is 16.5. The summed E-state index contributed by atoms with van der Waals surface area (Å²) < 4.78 is 8.07. The lowest BCUT2D eigenvalue weighted by atomic mass is 9.90. The summed E-state index contributed by atoms with van der Waals surface area (Å²) >= 11 is 0. The number of rotatable bonds is 2. The van der Waals surface area contributed by atoms with Gasteiger partial charge in [-0.1, -0.05) is 18.2 Å². The molecule has 2 aromatic rings. The Morgan fingerprint density at radius 1 is 1.17 bits per heavy atom. The van der Waals surface area contributed by atoms with Crippen LogP contribution in [0.25, 0.3) is 10.9 Å². The molecule has 1 aromatic carbocycles. The van der Waals surface area contributed by atoms with Crippen LogP contribution in [0.2, 0.25) is 0 Å². The van der Waals surface area contributed by atoms with E-state index in [-0.39, 0.29) is 5.91 Å². The van der Waals surface area contributed by atoms with Gasteiger partial charge in [0.25, 0.3) is 5.91 Å². The van der Waals surface area contributed by atoms with Gasteiger partial charge in [-0.2, -0.15) is 0 Å². The fourth-order valence-corrected chi connectivity index (χ4v) is 4.45. The fourth-order valence-electron chi connectivity index (χ4n) is 4.45. The highest BCUT2D eigenvalue weighted by molar-refractivity contribution is 6.07. The number of nitrogens with two attached hydrogens (primary N) is 1. The number of fused-ring (bicyclic) bond motifs is 3. The maximum absolute atomic E-state index is 12.0. The number of carbonyl (C=O) groups excluding carboxylic acids is 1. The molecule has 23 heavy (non-hydrogen) atoms. The van der Waals surface area contributed by atoms with Gasteiger partial charge in [-0.25, -0.2) is 0 Å². The molecular weight excluding hydrogens is 290 g/mol. The summed E-state index contributed by atoms with van der Waals surface area (Å²) in [5.41, 5.74) is 8.44. The van der Waals surface area contributed by atoms with Crippen LogP contribution < -0.4 is 5.73 Å². The Balaban J connectivity index is 1.83. The molecular formula is C18H23N3O2. The van der Waals surface area contributed by atoms with Crippen LogP contribution in [-0.4, -0.2) is 47.7 Å². The molecule has 3 heterocycles. The lowest BCUT2D eigenvalue weighted by Crippen LogP contribution is -2.55. The minimum Gasteiger partial charge on any atom is -0.378 e. The second-order valence-corrected chi connectivity index (χ2v) is 6.85. The quantitative estimate of drug-likeness (QED) is 0.923. The third-order valence-electron chi connectivity index (χ3n) is 5.63. The van der Waals surface area contributed by atoms with E-state index in [2.05, 4.69) is 22.6 Å². The standard InChI is InChI=1S/C18H23N3O2/c1-11-17(18(19)22)15-5-3-4-6-16(15)21(11)12-7-13-9-23-10-14(8-12)20(13)2/h3-6,12-14H,7-10H2,1-2H3,(H2,19,22). The molecule has 2 bridgehead atoms. The van der Waals surface area contributed by atoms with Crippen LogP contribution >= 0.6 is 0 Å². The van der Waals surface area contributed by atoms with Crippen molar-refractivity contribution in [3.63, 3.8) is 0 Å². The predicted octanol–water partition coefficient (Wildman–Crippen LogP) is 2.08. The number of ether oxygens (including phenoxy) is 1. The molecule has 2 aliphatic rings. The molecule has 2 atom stereocenters. The molecule has 0 spiro atoms. The van der Waals surface area contributed by atoms with Crippen molar-refractivity contribution in [2.45, 2.75) is 37.9 Å². The molecule has 2 unspecified atom stereocenters. The van der Waals surface area contributed by atoms with Crippen LogP contribution in [0.1, 0.15) is 34.9 Å². The summed E-state index contributed by atoms with van der Waals surface area (Å²) in [5.74, 6) is -0.339. The van der Waals surface area contributed by atoms with Crippen LogP contribution in [0.5, 0.6) is 0 Å². The number of likely N-dealkylation sites (N-methyl/N-ethyl adjacent to an activating group) is 1. The Morgan fingerprint density at radius 2 is 1.83 bits per heavy atom. The Kier molecular flexibility index (Phi) is 3.43. The van der Waals surface area contributed by atoms with E-state index >= 15 is 0 Å². The van der Waals surface area contributed by atoms with Crippen molar-refractivity contribution in [2.75, 3.05) is 20.3 Å². The number of piperidine rings is 1. The number of hydrogen-bond acceptors (Lipinski definition) is 3. The average Bonchev–Trinajstić information content (AvgIpc) is 2.79. The molecule has 2 saturated heterocycles. The van der Waals surface area contributed by atoms with Crippen molar-refractivity contribution >= 4 is 16.8 Å². The number of para-hydroxylation sites is 1. The zero-order valence-corrected chi connectivity index (χ0v) is 13.7. The predicted molar refractivity (Wildman–Crippen MR) is 89.6 cm³/mol. The third-order valence-corrected chi connectivity index (χ3v) is 5.63. The Labute approximate surface area is 136 Å². The summed E-state index contributed by atoms with van der Waals surface area (Å²) in [4.78, 5) is 14.4. The van der Waals surface area contributed by atoms with Gasteiger partial charge >= 0.3 is 0 Å². The highest BCUT2D eigenvalue weighted by Crippen LogP contribution is 2.38. The van der Waals surface area contributed by atoms with E-state index in [4.69, 9.17) is 10.5 Å². The molecule has 122 valence electrons. The lowest BCUT2D eigenvalue weighted by molar-refractivity contribution is -0.0721. The largest absolute Gasteiger partial charge is 0.378 e. The van der Waals surface area contributed by atoms with E-state index < -0.39 is 0 Å². The summed E-state index contributed by atoms with van der Waals surface area (Å²) in [6.45, 7) is 3.61. The topological polar surface area (TPSA) is 60.5 Å². The maximum atomic E-state index is 12.0. The maximum Gasteiger partial charge on any atom is 0.251 e. The first-order valence-corrected chi connectivity index (χ1v) is 8.27. The van der Waals surface area contributed by atoms with Gasteiger partial charge in [-0.15, -0.1) is 0 Å². The van der Waals surface area contributed by atoms with Crippen LogP contribution in [0, 0.1) is 6.92 Å². The number of morpholine rings is 1. The minimum atomic E-state index is -0.339. The van der Waals surface area contributed by atoms with E-state index in [0.717, 1.165) is 42.7 Å². The zero-order chi connectivity index (χ0) is 16.1. The van der Waals surface area contributed by atoms with Crippen LogP contribution in [0.4, 0.5) is 0 Å². The third kappa shape index (κ3) is 2.18. The van der Waals surface area contributed by atoms with Crippen molar-refractivity contribution in [3.8, 4) is 0 Å². The van der Waals surface area contributed by atoms with E-state index in [9.17, 15) is 4.79 Å². The Morgan fingerprint density at radius 3 is 2.48 bits per heavy atom. The smallest absolute Gasteiger partial charge is 0.251 e. The molecule has 0 radical (unpaired) electrons. The van der Waals surface area contributed by atoms with Crippen LogP contribution in [0.15, 0.2) is 24.3 Å². The number of hydrogen-bond donors (Lipinski definition) is 1. The molecule has 5 nitrogen and oxygen atoms in total. The number of carbonyl (C=O) groups is 1. The second-order valence-electron chi connectivity index (χ2n) is 6.85. The van der Waals surface area contributed by atoms with Crippen molar-refractivity contribution in [1.82, 2.24) is 9.47 Å². The number of aromatic nitrogens is 1. The van der Waals surface area contributed by atoms with E-state index in [1.165, 1.54) is 0 Å². The summed E-state index contributed by atoms with van der Waals surface area (Å²) in [7, 11) is 2.20. The number of primary amides is 1. The van der Waals surface area contributed by atoms with E-state index in [1.807, 2.05) is 25.1 Å². The first-order chi connectivity index (χ1) is 11.1. The molecule has 4 rings (SSSR count). The molecule has 0 aliphatic carbocycles. The zero-order valence-electron chi connectivity index (χ0n) is 13.7. The van der Waals surface area contributed by atoms with Crippen molar-refractivity contribution < 1.29 is 9.53 Å². The summed E-state index contributed by atoms with van der Waals surface area (Å²) in [6, 6.07) is 9.38. The van der Waals surface area contributed by atoms with Gasteiger partial charge < -0.3 is 15.0 Å². The monoisotopic (exact) mass is 313 g/mol. The number of benzene rings is 1. The first kappa shape index (κ1) is 14.7. The molecule has 2 N–H and O–H groups in total. The van der Waals surface area contributed by atoms with E-state index in [0.29, 0.717) is 23.7 Å². The fraction of sp³-hybridized carbons (Fsp3) is 0.500. The summed E-state index contributed by atoms with van der Waals surface area (Å²) in [6.07, 6.45) is 2.09. The molecule has 2 fully saturated rings. The van der Waals surface area contributed by atoms with Gasteiger partial charge in [-0.05, 0) is 32.9 Å². The Hall–Kier alpha value is -1.85. The van der Waals surface area contributed by atoms with Crippen LogP contribution in [-0.2, 0) is 4.74 Å². The van der Waals surface area contributed by atoms with Gasteiger partial charge in [0.15, 0.2) is 0 Å². The van der Waals surface area contributed by atoms with Gasteiger partial charge in [-0.3, -0.25) is 9.69 Å². The van der Waals surface area contributed by atoms with Crippen LogP contribution in [0.3, 0.4) is 0 Å². The molecule has 0 saturated carbocycles. The normalized spacial score (nSPS) is 28.2.